The smallest absolute Gasteiger partial charge is 0.485 e. The molecule has 0 aromatic carbocycles. The van der Waals surface area contributed by atoms with E-state index in [1.54, 1.807) is 14.2 Å². The molecule has 0 radical (unpaired) electrons. The molecule has 0 saturated heterocycles. The standard InChI is InChI=1S/C19H42N3O2.CHF3O3S/c1-7-11-13-21(14-12-8-2)19(20(9-3)10-4)22(15-17-23-5)16-18-24-6;2-1(3,4)8(5,6)7/h7-18H2,1-6H3;(H,5,6,7)/q+1;/p-1. The van der Waals surface area contributed by atoms with Gasteiger partial charge in [-0.15, -0.1) is 0 Å². The summed E-state index contributed by atoms with van der Waals surface area (Å²) in [7, 11) is -2.54. The topological polar surface area (TPSA) is 85.1 Å². The molecular weight excluding hydrogens is 451 g/mol. The van der Waals surface area contributed by atoms with Gasteiger partial charge in [-0.2, -0.15) is 13.2 Å². The minimum absolute atomic E-state index is 0.740. The molecule has 32 heavy (non-hydrogen) atoms. The van der Waals surface area contributed by atoms with Gasteiger partial charge < -0.3 is 14.0 Å². The highest BCUT2D eigenvalue weighted by molar-refractivity contribution is 7.86. The third kappa shape index (κ3) is 14.1. The first kappa shape index (κ1) is 33.1. The van der Waals surface area contributed by atoms with Crippen molar-refractivity contribution in [3.05, 3.63) is 0 Å². The van der Waals surface area contributed by atoms with E-state index in [0.717, 1.165) is 52.5 Å². The average Bonchev–Trinajstić information content (AvgIpc) is 2.72. The van der Waals surface area contributed by atoms with Crippen LogP contribution < -0.4 is 0 Å². The van der Waals surface area contributed by atoms with E-state index in [9.17, 15) is 13.2 Å². The second kappa shape index (κ2) is 18.3. The van der Waals surface area contributed by atoms with Gasteiger partial charge in [0.25, 0.3) is 0 Å². The van der Waals surface area contributed by atoms with E-state index in [1.165, 1.54) is 31.6 Å². The summed E-state index contributed by atoms with van der Waals surface area (Å²) in [6.45, 7) is 16.6. The highest BCUT2D eigenvalue weighted by Crippen LogP contribution is 2.20. The summed E-state index contributed by atoms with van der Waals surface area (Å²) < 4.78 is 72.2. The molecule has 0 saturated carbocycles. The van der Waals surface area contributed by atoms with Crippen LogP contribution in [0.15, 0.2) is 0 Å². The average molecular weight is 494 g/mol. The molecule has 0 atom stereocenters. The maximum absolute atomic E-state index is 10.7. The van der Waals surface area contributed by atoms with E-state index in [1.807, 2.05) is 0 Å². The zero-order valence-electron chi connectivity index (χ0n) is 20.4. The number of halogens is 3. The molecule has 0 aromatic heterocycles. The van der Waals surface area contributed by atoms with Crippen molar-refractivity contribution >= 4 is 16.1 Å². The van der Waals surface area contributed by atoms with Gasteiger partial charge in [0.2, 0.25) is 0 Å². The van der Waals surface area contributed by atoms with Gasteiger partial charge in [-0.1, -0.05) is 26.7 Å². The fourth-order valence-corrected chi connectivity index (χ4v) is 2.83. The van der Waals surface area contributed by atoms with Crippen LogP contribution in [0.25, 0.3) is 0 Å². The molecule has 194 valence electrons. The summed E-state index contributed by atoms with van der Waals surface area (Å²) in [4.78, 5) is 4.93. The molecule has 0 aliphatic carbocycles. The predicted octanol–water partition coefficient (Wildman–Crippen LogP) is 2.94. The monoisotopic (exact) mass is 493 g/mol. The second-order valence-corrected chi connectivity index (χ2v) is 8.41. The van der Waals surface area contributed by atoms with Gasteiger partial charge in [-0.25, -0.2) is 8.42 Å². The van der Waals surface area contributed by atoms with Crippen molar-refractivity contribution in [3.63, 3.8) is 0 Å². The van der Waals surface area contributed by atoms with E-state index in [2.05, 4.69) is 42.1 Å². The largest absolute Gasteiger partial charge is 0.741 e. The quantitative estimate of drug-likeness (QED) is 0.121. The summed E-state index contributed by atoms with van der Waals surface area (Å²) in [6, 6.07) is 0. The fraction of sp³-hybridized carbons (Fsp3) is 0.950. The fourth-order valence-electron chi connectivity index (χ4n) is 2.83. The number of methoxy groups -OCH3 is 2. The second-order valence-electron chi connectivity index (χ2n) is 7.04. The van der Waals surface area contributed by atoms with Crippen LogP contribution in [0.3, 0.4) is 0 Å². The van der Waals surface area contributed by atoms with Gasteiger partial charge in [-0.05, 0) is 26.7 Å². The third-order valence-electron chi connectivity index (χ3n) is 4.59. The van der Waals surface area contributed by atoms with E-state index >= 15 is 0 Å². The van der Waals surface area contributed by atoms with Crippen molar-refractivity contribution in [2.45, 2.75) is 58.9 Å². The van der Waals surface area contributed by atoms with Crippen molar-refractivity contribution in [2.75, 3.05) is 66.7 Å². The minimum Gasteiger partial charge on any atom is -0.741 e. The molecule has 0 heterocycles. The van der Waals surface area contributed by atoms with E-state index < -0.39 is 15.6 Å². The van der Waals surface area contributed by atoms with Crippen molar-refractivity contribution in [2.24, 2.45) is 0 Å². The van der Waals surface area contributed by atoms with Gasteiger partial charge in [-0.3, -0.25) is 14.4 Å². The number of unbranched alkanes of at least 4 members (excludes halogenated alkanes) is 2. The Bertz CT molecular complexity index is 580. The summed E-state index contributed by atoms with van der Waals surface area (Å²) in [5.41, 5.74) is -5.65. The van der Waals surface area contributed by atoms with Crippen LogP contribution in [0.4, 0.5) is 13.2 Å². The number of hydrogen-bond donors (Lipinski definition) is 0. The number of alkyl halides is 3. The Hall–Kier alpha value is -1.11. The lowest BCUT2D eigenvalue weighted by Gasteiger charge is -2.29. The third-order valence-corrected chi connectivity index (χ3v) is 5.16. The minimum atomic E-state index is -6.09. The van der Waals surface area contributed by atoms with E-state index in [4.69, 9.17) is 22.4 Å². The van der Waals surface area contributed by atoms with Crippen LogP contribution >= 0.6 is 0 Å². The predicted molar refractivity (Wildman–Crippen MR) is 119 cm³/mol. The van der Waals surface area contributed by atoms with E-state index in [0.29, 0.717) is 0 Å². The van der Waals surface area contributed by atoms with Crippen LogP contribution in [0.2, 0.25) is 0 Å². The molecule has 0 rings (SSSR count). The van der Waals surface area contributed by atoms with E-state index in [-0.39, 0.29) is 0 Å². The SMILES string of the molecule is CCCC[N+](CCCC)=C(N(CC)CC)N(CCOC)CCOC.O=S(=O)([O-])C(F)(F)F. The Morgan fingerprint density at radius 2 is 1.25 bits per heavy atom. The Morgan fingerprint density at radius 3 is 1.50 bits per heavy atom. The van der Waals surface area contributed by atoms with Crippen molar-refractivity contribution in [3.8, 4) is 0 Å². The molecule has 0 bridgehead atoms. The number of hydrogen-bond acceptors (Lipinski definition) is 5. The maximum atomic E-state index is 10.7. The summed E-state index contributed by atoms with van der Waals surface area (Å²) in [5.74, 6) is 1.36. The molecule has 0 aliphatic heterocycles. The molecule has 0 N–H and O–H groups in total. The lowest BCUT2D eigenvalue weighted by molar-refractivity contribution is -0.539. The van der Waals surface area contributed by atoms with Crippen LogP contribution in [0.1, 0.15) is 53.4 Å². The molecule has 0 amide bonds. The van der Waals surface area contributed by atoms with Crippen molar-refractivity contribution in [1.82, 2.24) is 9.80 Å². The normalized spacial score (nSPS) is 11.6. The van der Waals surface area contributed by atoms with Gasteiger partial charge in [0, 0.05) is 14.2 Å². The molecule has 0 spiro atoms. The molecule has 0 unspecified atom stereocenters. The molecule has 0 fully saturated rings. The summed E-state index contributed by atoms with van der Waals surface area (Å²) in [5, 5.41) is 0. The summed E-state index contributed by atoms with van der Waals surface area (Å²) >= 11 is 0. The van der Waals surface area contributed by atoms with Gasteiger partial charge in [0.05, 0.1) is 52.5 Å². The number of rotatable bonds is 14. The Morgan fingerprint density at radius 1 is 0.875 bits per heavy atom. The first-order valence-corrected chi connectivity index (χ1v) is 12.5. The maximum Gasteiger partial charge on any atom is 0.485 e. The van der Waals surface area contributed by atoms with Crippen LogP contribution in [-0.2, 0) is 19.6 Å². The lowest BCUT2D eigenvalue weighted by Crippen LogP contribution is -2.52. The number of nitrogens with zero attached hydrogens (tertiary/aromatic N) is 3. The first-order valence-electron chi connectivity index (χ1n) is 11.1. The van der Waals surface area contributed by atoms with Crippen molar-refractivity contribution < 1.29 is 40.2 Å². The Balaban J connectivity index is 0. The molecule has 0 aromatic rings. The Labute approximate surface area is 192 Å². The molecule has 0 aliphatic rings. The van der Waals surface area contributed by atoms with Crippen LogP contribution in [-0.4, -0.2) is 106 Å². The van der Waals surface area contributed by atoms with Gasteiger partial charge >= 0.3 is 11.5 Å². The molecule has 8 nitrogen and oxygen atoms in total. The molecule has 12 heteroatoms. The highest BCUT2D eigenvalue weighted by Gasteiger charge is 2.37. The zero-order valence-corrected chi connectivity index (χ0v) is 21.2. The Kier molecular flexibility index (Phi) is 18.9. The van der Waals surface area contributed by atoms with Gasteiger partial charge in [0.1, 0.15) is 0 Å². The van der Waals surface area contributed by atoms with Crippen molar-refractivity contribution in [1.29, 1.82) is 0 Å². The number of ether oxygens (including phenoxy) is 2. The molecular formula is C20H42F3N3O5S. The summed E-state index contributed by atoms with van der Waals surface area (Å²) in [6.07, 6.45) is 4.92. The highest BCUT2D eigenvalue weighted by atomic mass is 32.2. The lowest BCUT2D eigenvalue weighted by atomic mass is 10.3. The number of guanidine groups is 1. The zero-order chi connectivity index (χ0) is 25.2. The van der Waals surface area contributed by atoms with Gasteiger partial charge in [0.15, 0.2) is 10.1 Å². The van der Waals surface area contributed by atoms with Crippen LogP contribution in [0, 0.1) is 0 Å². The first-order chi connectivity index (χ1) is 14.9. The van der Waals surface area contributed by atoms with Crippen LogP contribution in [0.5, 0.6) is 0 Å².